The predicted octanol–water partition coefficient (Wildman–Crippen LogP) is -0.213. The average molecular weight is 384 g/mol. The first-order valence-corrected chi connectivity index (χ1v) is 9.22. The second-order valence-electron chi connectivity index (χ2n) is 7.86. The summed E-state index contributed by atoms with van der Waals surface area (Å²) in [5.74, 6) is -2.50. The number of aliphatic carboxylic acids is 1. The number of hydrogen-bond donors (Lipinski definition) is 3. The summed E-state index contributed by atoms with van der Waals surface area (Å²) in [5.41, 5.74) is 4.67. The number of likely N-dealkylation sites (tertiary alicyclic amines) is 1. The second kappa shape index (κ2) is 8.69. The first-order chi connectivity index (χ1) is 12.3. The van der Waals surface area contributed by atoms with E-state index in [2.05, 4.69) is 5.32 Å². The fourth-order valence-corrected chi connectivity index (χ4v) is 2.73. The Labute approximate surface area is 160 Å². The van der Waals surface area contributed by atoms with Crippen LogP contribution in [0.3, 0.4) is 0 Å². The lowest BCUT2D eigenvalue weighted by atomic mass is 9.95. The van der Waals surface area contributed by atoms with Gasteiger partial charge in [-0.2, -0.15) is 0 Å². The largest absolute Gasteiger partial charge is 0.480 e. The van der Waals surface area contributed by atoms with Crippen LogP contribution in [0.25, 0.3) is 0 Å². The Bertz CT molecular complexity index is 601. The van der Waals surface area contributed by atoms with Crippen molar-refractivity contribution in [1.82, 2.24) is 15.1 Å². The molecule has 3 amide bonds. The summed E-state index contributed by atoms with van der Waals surface area (Å²) < 4.78 is 0. The van der Waals surface area contributed by atoms with Gasteiger partial charge in [-0.3, -0.25) is 14.4 Å². The Morgan fingerprint density at radius 1 is 1.30 bits per heavy atom. The Morgan fingerprint density at radius 2 is 1.85 bits per heavy atom. The maximum atomic E-state index is 13.0. The fraction of sp³-hybridized carbons (Fsp3) is 0.778. The number of carbonyl (C=O) groups excluding carboxylic acids is 3. The van der Waals surface area contributed by atoms with Gasteiger partial charge in [0.25, 0.3) is 0 Å². The summed E-state index contributed by atoms with van der Waals surface area (Å²) in [7, 11) is 1.48. The number of carbonyl (C=O) groups is 4. The van der Waals surface area contributed by atoms with Gasteiger partial charge in [-0.15, -0.1) is 0 Å². The minimum absolute atomic E-state index is 0.163. The molecule has 1 aliphatic heterocycles. The molecule has 0 aromatic rings. The normalized spacial score (nSPS) is 20.1. The maximum Gasteiger partial charge on any atom is 0.326 e. The van der Waals surface area contributed by atoms with Crippen molar-refractivity contribution in [3.63, 3.8) is 0 Å². The summed E-state index contributed by atoms with van der Waals surface area (Å²) >= 11 is 0. The molecule has 0 spiro atoms. The molecule has 1 aliphatic rings. The van der Waals surface area contributed by atoms with E-state index in [1.165, 1.54) is 16.8 Å². The third-order valence-electron chi connectivity index (χ3n) is 5.22. The topological polar surface area (TPSA) is 133 Å². The zero-order valence-corrected chi connectivity index (χ0v) is 17.0. The molecule has 27 heavy (non-hydrogen) atoms. The predicted molar refractivity (Wildman–Crippen MR) is 99.6 cm³/mol. The van der Waals surface area contributed by atoms with Crippen LogP contribution in [0.5, 0.6) is 0 Å². The Kier molecular flexibility index (Phi) is 7.36. The maximum absolute atomic E-state index is 13.0. The first-order valence-electron chi connectivity index (χ1n) is 9.22. The molecule has 9 nitrogen and oxygen atoms in total. The van der Waals surface area contributed by atoms with Crippen molar-refractivity contribution in [1.29, 1.82) is 0 Å². The van der Waals surface area contributed by atoms with E-state index in [1.807, 2.05) is 13.8 Å². The summed E-state index contributed by atoms with van der Waals surface area (Å²) in [6.07, 6.45) is 1.05. The lowest BCUT2D eigenvalue weighted by molar-refractivity contribution is -0.161. The minimum Gasteiger partial charge on any atom is -0.480 e. The summed E-state index contributed by atoms with van der Waals surface area (Å²) in [6.45, 7) is 8.74. The minimum atomic E-state index is -1.14. The van der Waals surface area contributed by atoms with Crippen molar-refractivity contribution in [3.05, 3.63) is 0 Å². The number of carboxylic acid groups (broad SMARTS) is 1. The quantitative estimate of drug-likeness (QED) is 0.530. The molecule has 0 unspecified atom stereocenters. The van der Waals surface area contributed by atoms with E-state index < -0.39 is 47.4 Å². The molecular weight excluding hydrogens is 352 g/mol. The van der Waals surface area contributed by atoms with Gasteiger partial charge >= 0.3 is 5.97 Å². The van der Waals surface area contributed by atoms with E-state index in [9.17, 15) is 19.2 Å². The van der Waals surface area contributed by atoms with Gasteiger partial charge in [0.2, 0.25) is 17.7 Å². The number of nitrogens with two attached hydrogens (primary N) is 1. The van der Waals surface area contributed by atoms with Gasteiger partial charge in [-0.25, -0.2) is 4.79 Å². The van der Waals surface area contributed by atoms with Gasteiger partial charge in [0, 0.05) is 13.6 Å². The van der Waals surface area contributed by atoms with Crippen LogP contribution in [0.2, 0.25) is 0 Å². The van der Waals surface area contributed by atoms with Crippen molar-refractivity contribution in [3.8, 4) is 0 Å². The number of nitrogens with zero attached hydrogens (tertiary/aromatic N) is 2. The lowest BCUT2D eigenvalue weighted by Gasteiger charge is -2.41. The second-order valence-corrected chi connectivity index (χ2v) is 7.86. The number of likely N-dealkylation sites (N-methyl/N-ethyl adjacent to an activating group) is 1. The van der Waals surface area contributed by atoms with E-state index in [-0.39, 0.29) is 5.92 Å². The SMILES string of the molecule is CC[C@H](C)[C@H](NC(=O)C(C)(C)N)C(=O)N(C)[C@@H](C)C(=O)N1CC[C@H]1C(=O)O. The number of hydrogen-bond acceptors (Lipinski definition) is 5. The standard InChI is InChI=1S/C18H32N4O5/c1-7-10(2)13(20-17(27)18(4,5)19)15(24)21(6)11(3)14(23)22-9-8-12(22)16(25)26/h10-13H,7-9,19H2,1-6H3,(H,20,27)(H,25,26)/t10-,11-,12-,13-/m0/s1. The van der Waals surface area contributed by atoms with Gasteiger partial charge < -0.3 is 26.0 Å². The fourth-order valence-electron chi connectivity index (χ4n) is 2.73. The number of rotatable bonds is 8. The van der Waals surface area contributed by atoms with Crippen molar-refractivity contribution >= 4 is 23.7 Å². The molecule has 0 aromatic carbocycles. The van der Waals surface area contributed by atoms with Crippen LogP contribution in [0.15, 0.2) is 0 Å². The van der Waals surface area contributed by atoms with E-state index in [0.29, 0.717) is 19.4 Å². The van der Waals surface area contributed by atoms with Crippen molar-refractivity contribution < 1.29 is 24.3 Å². The summed E-state index contributed by atoms with van der Waals surface area (Å²) in [6, 6.07) is -2.50. The zero-order valence-electron chi connectivity index (χ0n) is 17.0. The van der Waals surface area contributed by atoms with Crippen LogP contribution in [-0.2, 0) is 19.2 Å². The van der Waals surface area contributed by atoms with Crippen LogP contribution >= 0.6 is 0 Å². The monoisotopic (exact) mass is 384 g/mol. The molecule has 0 radical (unpaired) electrons. The Hall–Kier alpha value is -2.16. The van der Waals surface area contributed by atoms with Crippen LogP contribution < -0.4 is 11.1 Å². The molecule has 1 fully saturated rings. The molecule has 9 heteroatoms. The highest BCUT2D eigenvalue weighted by Gasteiger charge is 2.42. The lowest BCUT2D eigenvalue weighted by Crippen LogP contribution is -2.62. The third kappa shape index (κ3) is 5.18. The highest BCUT2D eigenvalue weighted by Crippen LogP contribution is 2.21. The van der Waals surface area contributed by atoms with E-state index >= 15 is 0 Å². The highest BCUT2D eigenvalue weighted by atomic mass is 16.4. The Balaban J connectivity index is 2.92. The summed E-state index contributed by atoms with van der Waals surface area (Å²) in [4.78, 5) is 51.5. The summed E-state index contributed by atoms with van der Waals surface area (Å²) in [5, 5.41) is 11.8. The van der Waals surface area contributed by atoms with Crippen molar-refractivity contribution in [2.45, 2.75) is 71.1 Å². The number of carboxylic acids is 1. The number of nitrogens with one attached hydrogen (secondary N) is 1. The molecule has 0 bridgehead atoms. The average Bonchev–Trinajstić information content (AvgIpc) is 2.54. The molecule has 154 valence electrons. The molecule has 1 heterocycles. The molecule has 0 saturated carbocycles. The number of amides is 3. The molecule has 0 aliphatic carbocycles. The van der Waals surface area contributed by atoms with Gasteiger partial charge in [-0.1, -0.05) is 20.3 Å². The van der Waals surface area contributed by atoms with Crippen LogP contribution in [-0.4, -0.2) is 75.9 Å². The van der Waals surface area contributed by atoms with Crippen LogP contribution in [0, 0.1) is 5.92 Å². The van der Waals surface area contributed by atoms with E-state index in [0.717, 1.165) is 0 Å². The first kappa shape index (κ1) is 22.9. The molecule has 1 rings (SSSR count). The zero-order chi connectivity index (χ0) is 21.1. The van der Waals surface area contributed by atoms with Crippen LogP contribution in [0.4, 0.5) is 0 Å². The van der Waals surface area contributed by atoms with Gasteiger partial charge in [0.05, 0.1) is 5.54 Å². The van der Waals surface area contributed by atoms with Crippen molar-refractivity contribution in [2.75, 3.05) is 13.6 Å². The highest BCUT2D eigenvalue weighted by molar-refractivity contribution is 5.95. The smallest absolute Gasteiger partial charge is 0.326 e. The van der Waals surface area contributed by atoms with Crippen LogP contribution in [0.1, 0.15) is 47.5 Å². The molecule has 0 aromatic heterocycles. The van der Waals surface area contributed by atoms with E-state index in [4.69, 9.17) is 10.8 Å². The molecular formula is C18H32N4O5. The third-order valence-corrected chi connectivity index (χ3v) is 5.22. The molecule has 4 N–H and O–H groups in total. The van der Waals surface area contributed by atoms with Gasteiger partial charge in [0.15, 0.2) is 0 Å². The Morgan fingerprint density at radius 3 is 2.22 bits per heavy atom. The van der Waals surface area contributed by atoms with E-state index in [1.54, 1.807) is 20.8 Å². The molecule has 4 atom stereocenters. The van der Waals surface area contributed by atoms with Gasteiger partial charge in [-0.05, 0) is 33.1 Å². The van der Waals surface area contributed by atoms with Gasteiger partial charge in [0.1, 0.15) is 18.1 Å². The van der Waals surface area contributed by atoms with Crippen molar-refractivity contribution in [2.24, 2.45) is 11.7 Å². The molecule has 1 saturated heterocycles.